The van der Waals surface area contributed by atoms with E-state index in [1.165, 1.54) is 30.7 Å². The SMILES string of the molecule is CSCCCCCNCc1cnc2cnc(Br)cn12. The Labute approximate surface area is 126 Å². The quantitative estimate of drug-likeness (QED) is 0.748. The van der Waals surface area contributed by atoms with Crippen LogP contribution in [0.1, 0.15) is 25.0 Å². The predicted octanol–water partition coefficient (Wildman–Crippen LogP) is 3.11. The first-order valence-corrected chi connectivity index (χ1v) is 8.67. The van der Waals surface area contributed by atoms with Crippen molar-refractivity contribution < 1.29 is 0 Å². The molecular formula is C13H19BrN4S. The van der Waals surface area contributed by atoms with E-state index < -0.39 is 0 Å². The molecule has 1 N–H and O–H groups in total. The van der Waals surface area contributed by atoms with Crippen molar-refractivity contribution in [2.24, 2.45) is 0 Å². The standard InChI is InChI=1S/C13H19BrN4S/c1-19-6-4-2-3-5-15-7-11-8-17-13-9-16-12(14)10-18(11)13/h8-10,15H,2-7H2,1H3. The highest BCUT2D eigenvalue weighted by molar-refractivity contribution is 9.10. The Balaban J connectivity index is 1.77. The fraction of sp³-hybridized carbons (Fsp3) is 0.538. The van der Waals surface area contributed by atoms with Crippen LogP contribution < -0.4 is 5.32 Å². The van der Waals surface area contributed by atoms with Crippen LogP contribution in [-0.2, 0) is 6.54 Å². The molecule has 0 bridgehead atoms. The zero-order valence-corrected chi connectivity index (χ0v) is 13.5. The van der Waals surface area contributed by atoms with Crippen LogP contribution in [0.5, 0.6) is 0 Å². The summed E-state index contributed by atoms with van der Waals surface area (Å²) in [5, 5.41) is 3.47. The summed E-state index contributed by atoms with van der Waals surface area (Å²) in [6.07, 6.45) is 11.7. The maximum atomic E-state index is 4.34. The van der Waals surface area contributed by atoms with Gasteiger partial charge in [0.05, 0.1) is 18.1 Å². The highest BCUT2D eigenvalue weighted by atomic mass is 79.9. The van der Waals surface area contributed by atoms with Gasteiger partial charge in [0.25, 0.3) is 0 Å². The van der Waals surface area contributed by atoms with E-state index >= 15 is 0 Å². The van der Waals surface area contributed by atoms with Gasteiger partial charge < -0.3 is 5.32 Å². The lowest BCUT2D eigenvalue weighted by molar-refractivity contribution is 0.610. The number of hydrogen-bond acceptors (Lipinski definition) is 4. The van der Waals surface area contributed by atoms with Gasteiger partial charge in [0.15, 0.2) is 5.65 Å². The highest BCUT2D eigenvalue weighted by Crippen LogP contribution is 2.10. The molecule has 0 aliphatic carbocycles. The zero-order chi connectivity index (χ0) is 13.5. The molecule has 2 rings (SSSR count). The molecule has 2 heterocycles. The first-order chi connectivity index (χ1) is 9.31. The van der Waals surface area contributed by atoms with Gasteiger partial charge in [0.2, 0.25) is 0 Å². The molecular weight excluding hydrogens is 324 g/mol. The average Bonchev–Trinajstić information content (AvgIpc) is 2.80. The summed E-state index contributed by atoms with van der Waals surface area (Å²) in [4.78, 5) is 8.51. The molecule has 0 atom stereocenters. The first kappa shape index (κ1) is 14.8. The second kappa shape index (κ2) is 7.87. The smallest absolute Gasteiger partial charge is 0.155 e. The van der Waals surface area contributed by atoms with Gasteiger partial charge in [-0.2, -0.15) is 11.8 Å². The fourth-order valence-corrected chi connectivity index (χ4v) is 2.74. The molecule has 0 amide bonds. The van der Waals surface area contributed by atoms with Crippen LogP contribution in [0.4, 0.5) is 0 Å². The molecule has 0 aromatic carbocycles. The van der Waals surface area contributed by atoms with E-state index in [0.717, 1.165) is 23.3 Å². The van der Waals surface area contributed by atoms with Crippen molar-refractivity contribution in [1.82, 2.24) is 19.7 Å². The molecule has 6 heteroatoms. The molecule has 0 radical (unpaired) electrons. The summed E-state index contributed by atoms with van der Waals surface area (Å²) in [6, 6.07) is 0. The number of halogens is 1. The number of unbranched alkanes of at least 4 members (excludes halogenated alkanes) is 2. The fourth-order valence-electron chi connectivity index (χ4n) is 1.94. The molecule has 0 saturated carbocycles. The Hall–Kier alpha value is -0.590. The summed E-state index contributed by atoms with van der Waals surface area (Å²) < 4.78 is 2.90. The Morgan fingerprint density at radius 1 is 1.26 bits per heavy atom. The van der Waals surface area contributed by atoms with Gasteiger partial charge in [-0.3, -0.25) is 4.40 Å². The van der Waals surface area contributed by atoms with Gasteiger partial charge in [-0.05, 0) is 47.3 Å². The van der Waals surface area contributed by atoms with Crippen molar-refractivity contribution in [3.63, 3.8) is 0 Å². The lowest BCUT2D eigenvalue weighted by atomic mass is 10.2. The van der Waals surface area contributed by atoms with Gasteiger partial charge in [-0.15, -0.1) is 0 Å². The van der Waals surface area contributed by atoms with E-state index in [9.17, 15) is 0 Å². The van der Waals surface area contributed by atoms with Crippen LogP contribution in [0.25, 0.3) is 5.65 Å². The third-order valence-corrected chi connectivity index (χ3v) is 4.06. The average molecular weight is 343 g/mol. The maximum absolute atomic E-state index is 4.34. The Morgan fingerprint density at radius 2 is 2.16 bits per heavy atom. The molecule has 0 aliphatic rings. The topological polar surface area (TPSA) is 42.2 Å². The van der Waals surface area contributed by atoms with Crippen LogP contribution in [0.3, 0.4) is 0 Å². The summed E-state index contributed by atoms with van der Waals surface area (Å²) in [6.45, 7) is 1.91. The molecule has 0 spiro atoms. The minimum absolute atomic E-state index is 0.830. The van der Waals surface area contributed by atoms with Gasteiger partial charge in [-0.1, -0.05) is 6.42 Å². The van der Waals surface area contributed by atoms with E-state index in [1.807, 2.05) is 24.2 Å². The van der Waals surface area contributed by atoms with E-state index in [2.05, 4.69) is 41.9 Å². The van der Waals surface area contributed by atoms with Crippen LogP contribution in [-0.4, -0.2) is 32.9 Å². The van der Waals surface area contributed by atoms with Gasteiger partial charge >= 0.3 is 0 Å². The number of thioether (sulfide) groups is 1. The Morgan fingerprint density at radius 3 is 3.00 bits per heavy atom. The summed E-state index contributed by atoms with van der Waals surface area (Å²) in [7, 11) is 0. The maximum Gasteiger partial charge on any atom is 0.155 e. The minimum atomic E-state index is 0.830. The molecule has 0 unspecified atom stereocenters. The van der Waals surface area contributed by atoms with E-state index in [0.29, 0.717) is 0 Å². The number of rotatable bonds is 8. The number of fused-ring (bicyclic) bond motifs is 1. The molecule has 2 aromatic rings. The largest absolute Gasteiger partial charge is 0.311 e. The van der Waals surface area contributed by atoms with Gasteiger partial charge in [0, 0.05) is 12.7 Å². The van der Waals surface area contributed by atoms with Crippen LogP contribution >= 0.6 is 27.7 Å². The second-order valence-electron chi connectivity index (χ2n) is 4.42. The van der Waals surface area contributed by atoms with Crippen molar-refractivity contribution in [2.75, 3.05) is 18.6 Å². The number of nitrogens with zero attached hydrogens (tertiary/aromatic N) is 3. The van der Waals surface area contributed by atoms with E-state index in [1.54, 1.807) is 6.20 Å². The van der Waals surface area contributed by atoms with Gasteiger partial charge in [0.1, 0.15) is 4.60 Å². The Kier molecular flexibility index (Phi) is 6.13. The normalized spacial score (nSPS) is 11.3. The van der Waals surface area contributed by atoms with Crippen molar-refractivity contribution >= 4 is 33.3 Å². The monoisotopic (exact) mass is 342 g/mol. The third-order valence-electron chi connectivity index (χ3n) is 2.95. The molecule has 4 nitrogen and oxygen atoms in total. The molecule has 0 aliphatic heterocycles. The van der Waals surface area contributed by atoms with Crippen LogP contribution in [0.2, 0.25) is 0 Å². The number of hydrogen-bond donors (Lipinski definition) is 1. The molecule has 104 valence electrons. The lowest BCUT2D eigenvalue weighted by Crippen LogP contribution is -2.16. The molecule has 0 saturated heterocycles. The van der Waals surface area contributed by atoms with Crippen LogP contribution in [0.15, 0.2) is 23.2 Å². The van der Waals surface area contributed by atoms with Crippen molar-refractivity contribution in [1.29, 1.82) is 0 Å². The van der Waals surface area contributed by atoms with Crippen molar-refractivity contribution in [2.45, 2.75) is 25.8 Å². The van der Waals surface area contributed by atoms with Crippen molar-refractivity contribution in [3.8, 4) is 0 Å². The predicted molar refractivity (Wildman–Crippen MR) is 84.6 cm³/mol. The Bertz CT molecular complexity index is 514. The summed E-state index contributed by atoms with van der Waals surface area (Å²) >= 11 is 5.31. The van der Waals surface area contributed by atoms with Gasteiger partial charge in [-0.25, -0.2) is 9.97 Å². The molecule has 0 fully saturated rings. The summed E-state index contributed by atoms with van der Waals surface area (Å²) in [5.74, 6) is 1.27. The van der Waals surface area contributed by atoms with Crippen molar-refractivity contribution in [3.05, 3.63) is 28.9 Å². The molecule has 19 heavy (non-hydrogen) atoms. The number of aromatic nitrogens is 3. The number of imidazole rings is 1. The van der Waals surface area contributed by atoms with E-state index in [-0.39, 0.29) is 0 Å². The van der Waals surface area contributed by atoms with E-state index in [4.69, 9.17) is 0 Å². The lowest BCUT2D eigenvalue weighted by Gasteiger charge is -2.05. The third kappa shape index (κ3) is 4.47. The number of nitrogens with one attached hydrogen (secondary N) is 1. The summed E-state index contributed by atoms with van der Waals surface area (Å²) in [5.41, 5.74) is 2.06. The highest BCUT2D eigenvalue weighted by Gasteiger charge is 2.03. The zero-order valence-electron chi connectivity index (χ0n) is 11.1. The minimum Gasteiger partial charge on any atom is -0.311 e. The van der Waals surface area contributed by atoms with Crippen LogP contribution in [0, 0.1) is 0 Å². The first-order valence-electron chi connectivity index (χ1n) is 6.48. The second-order valence-corrected chi connectivity index (χ2v) is 6.22. The molecule has 2 aromatic heterocycles.